The fourth-order valence-corrected chi connectivity index (χ4v) is 5.02. The molecule has 1 amide bonds. The van der Waals surface area contributed by atoms with Crippen LogP contribution in [-0.2, 0) is 26.0 Å². The zero-order valence-corrected chi connectivity index (χ0v) is 17.6. The highest BCUT2D eigenvalue weighted by atomic mass is 32.2. The van der Waals surface area contributed by atoms with Gasteiger partial charge < -0.3 is 9.64 Å². The number of rotatable bonds is 6. The largest absolute Gasteiger partial charge is 0.368 e. The van der Waals surface area contributed by atoms with Crippen molar-refractivity contribution < 1.29 is 22.3 Å². The van der Waals surface area contributed by atoms with Crippen LogP contribution in [0.15, 0.2) is 48.5 Å². The van der Waals surface area contributed by atoms with E-state index < -0.39 is 16.1 Å². The van der Waals surface area contributed by atoms with Gasteiger partial charge >= 0.3 is 0 Å². The second-order valence-electron chi connectivity index (χ2n) is 7.95. The summed E-state index contributed by atoms with van der Waals surface area (Å²) < 4.78 is 45.4. The highest BCUT2D eigenvalue weighted by Gasteiger charge is 2.42. The van der Waals surface area contributed by atoms with Crippen LogP contribution in [-0.4, -0.2) is 56.8 Å². The lowest BCUT2D eigenvalue weighted by molar-refractivity contribution is -0.157. The first-order valence-electron chi connectivity index (χ1n) is 10.0. The van der Waals surface area contributed by atoms with Gasteiger partial charge in [-0.3, -0.25) is 4.79 Å². The van der Waals surface area contributed by atoms with Crippen molar-refractivity contribution >= 4 is 15.9 Å². The standard InChI is InChI=1S/C22H25FN2O4S/c1-30(27,28)24-19-8-10-25(22(26)21-9-11-29-21)20(19)13-15-4-2-5-16(12-15)17-6-3-7-18(23)14-17/h2-7,12,14,19-21,24H,8-11,13H2,1H3/t19-,20-,21?/m0/s1. The maximum Gasteiger partial charge on any atom is 0.252 e. The summed E-state index contributed by atoms with van der Waals surface area (Å²) in [5.74, 6) is -0.381. The Labute approximate surface area is 176 Å². The van der Waals surface area contributed by atoms with Crippen molar-refractivity contribution in [2.24, 2.45) is 0 Å². The van der Waals surface area contributed by atoms with E-state index in [-0.39, 0.29) is 23.8 Å². The third-order valence-electron chi connectivity index (χ3n) is 5.70. The molecule has 0 spiro atoms. The molecular weight excluding hydrogens is 407 g/mol. The Balaban J connectivity index is 1.59. The summed E-state index contributed by atoms with van der Waals surface area (Å²) in [7, 11) is -3.41. The predicted octanol–water partition coefficient (Wildman–Crippen LogP) is 2.34. The SMILES string of the molecule is CS(=O)(=O)N[C@H]1CCN(C(=O)C2CCO2)[C@H]1Cc1cccc(-c2cccc(F)c2)c1. The van der Waals surface area contributed by atoms with Gasteiger partial charge in [-0.1, -0.05) is 36.4 Å². The Hall–Kier alpha value is -2.29. The number of carbonyl (C=O) groups excluding carboxylic acids is 1. The lowest BCUT2D eigenvalue weighted by atomic mass is 9.96. The summed E-state index contributed by atoms with van der Waals surface area (Å²) in [4.78, 5) is 14.6. The third-order valence-corrected chi connectivity index (χ3v) is 6.43. The van der Waals surface area contributed by atoms with Gasteiger partial charge in [-0.2, -0.15) is 0 Å². The second-order valence-corrected chi connectivity index (χ2v) is 9.73. The van der Waals surface area contributed by atoms with Crippen molar-refractivity contribution in [2.45, 2.75) is 37.5 Å². The molecule has 0 aliphatic carbocycles. The lowest BCUT2D eigenvalue weighted by Gasteiger charge is -2.34. The highest BCUT2D eigenvalue weighted by molar-refractivity contribution is 7.88. The van der Waals surface area contributed by atoms with E-state index in [9.17, 15) is 17.6 Å². The zero-order chi connectivity index (χ0) is 21.3. The van der Waals surface area contributed by atoms with Gasteiger partial charge in [-0.25, -0.2) is 17.5 Å². The van der Waals surface area contributed by atoms with Crippen LogP contribution in [0.25, 0.3) is 11.1 Å². The number of nitrogens with one attached hydrogen (secondary N) is 1. The van der Waals surface area contributed by atoms with Crippen molar-refractivity contribution in [3.63, 3.8) is 0 Å². The average Bonchev–Trinajstić information content (AvgIpc) is 3.01. The molecule has 30 heavy (non-hydrogen) atoms. The van der Waals surface area contributed by atoms with Crippen molar-refractivity contribution in [1.82, 2.24) is 9.62 Å². The van der Waals surface area contributed by atoms with Gasteiger partial charge in [-0.05, 0) is 41.7 Å². The molecule has 3 atom stereocenters. The van der Waals surface area contributed by atoms with E-state index >= 15 is 0 Å². The Morgan fingerprint density at radius 3 is 2.50 bits per heavy atom. The van der Waals surface area contributed by atoms with Gasteiger partial charge in [0.25, 0.3) is 5.91 Å². The van der Waals surface area contributed by atoms with Gasteiger partial charge in [0.1, 0.15) is 11.9 Å². The second kappa shape index (κ2) is 8.45. The number of benzene rings is 2. The molecule has 0 aromatic heterocycles. The highest BCUT2D eigenvalue weighted by Crippen LogP contribution is 2.28. The van der Waals surface area contributed by atoms with Crippen LogP contribution in [0.3, 0.4) is 0 Å². The minimum absolute atomic E-state index is 0.0784. The molecule has 2 aliphatic heterocycles. The molecule has 0 radical (unpaired) electrons. The molecule has 0 bridgehead atoms. The van der Waals surface area contributed by atoms with Crippen LogP contribution < -0.4 is 4.72 Å². The summed E-state index contributed by atoms with van der Waals surface area (Å²) in [6.45, 7) is 1.07. The zero-order valence-electron chi connectivity index (χ0n) is 16.8. The lowest BCUT2D eigenvalue weighted by Crippen LogP contribution is -2.52. The van der Waals surface area contributed by atoms with Gasteiger partial charge in [0.15, 0.2) is 0 Å². The van der Waals surface area contributed by atoms with Crippen LogP contribution in [0.1, 0.15) is 18.4 Å². The van der Waals surface area contributed by atoms with Crippen LogP contribution in [0.2, 0.25) is 0 Å². The normalized spacial score (nSPS) is 23.9. The van der Waals surface area contributed by atoms with Crippen LogP contribution >= 0.6 is 0 Å². The van der Waals surface area contributed by atoms with Gasteiger partial charge in [0.2, 0.25) is 10.0 Å². The number of sulfonamides is 1. The molecule has 2 fully saturated rings. The maximum absolute atomic E-state index is 13.6. The van der Waals surface area contributed by atoms with E-state index in [1.165, 1.54) is 12.1 Å². The molecule has 2 aromatic carbocycles. The van der Waals surface area contributed by atoms with Crippen LogP contribution in [0.5, 0.6) is 0 Å². The molecule has 2 aromatic rings. The molecule has 1 unspecified atom stereocenters. The Morgan fingerprint density at radius 1 is 1.17 bits per heavy atom. The molecule has 0 saturated carbocycles. The smallest absolute Gasteiger partial charge is 0.252 e. The Bertz CT molecular complexity index is 1040. The average molecular weight is 433 g/mol. The van der Waals surface area contributed by atoms with Crippen molar-refractivity contribution in [3.8, 4) is 11.1 Å². The first-order chi connectivity index (χ1) is 14.3. The van der Waals surface area contributed by atoms with Crippen LogP contribution in [0.4, 0.5) is 4.39 Å². The Morgan fingerprint density at radius 2 is 1.87 bits per heavy atom. The minimum atomic E-state index is -3.41. The summed E-state index contributed by atoms with van der Waals surface area (Å²) in [6, 6.07) is 13.4. The Kier molecular flexibility index (Phi) is 5.90. The third kappa shape index (κ3) is 4.71. The van der Waals surface area contributed by atoms with Gasteiger partial charge in [0.05, 0.1) is 18.9 Å². The summed E-state index contributed by atoms with van der Waals surface area (Å²) in [5, 5.41) is 0. The fraction of sp³-hybridized carbons (Fsp3) is 0.409. The first-order valence-corrected chi connectivity index (χ1v) is 11.9. The molecular formula is C22H25FN2O4S. The molecule has 2 heterocycles. The van der Waals surface area contributed by atoms with Gasteiger partial charge in [-0.15, -0.1) is 0 Å². The van der Waals surface area contributed by atoms with E-state index in [4.69, 9.17) is 4.74 Å². The fourth-order valence-electron chi connectivity index (χ4n) is 4.19. The number of likely N-dealkylation sites (tertiary alicyclic amines) is 1. The number of ether oxygens (including phenoxy) is 1. The molecule has 160 valence electrons. The molecule has 1 N–H and O–H groups in total. The van der Waals surface area contributed by atoms with E-state index in [1.807, 2.05) is 30.3 Å². The van der Waals surface area contributed by atoms with Crippen molar-refractivity contribution in [1.29, 1.82) is 0 Å². The molecule has 8 heteroatoms. The first kappa shape index (κ1) is 21.0. The summed E-state index contributed by atoms with van der Waals surface area (Å²) >= 11 is 0. The number of nitrogens with zero attached hydrogens (tertiary/aromatic N) is 1. The van der Waals surface area contributed by atoms with Crippen molar-refractivity contribution in [3.05, 3.63) is 59.9 Å². The summed E-state index contributed by atoms with van der Waals surface area (Å²) in [5.41, 5.74) is 2.60. The predicted molar refractivity (Wildman–Crippen MR) is 112 cm³/mol. The summed E-state index contributed by atoms with van der Waals surface area (Å²) in [6.07, 6.45) is 2.45. The van der Waals surface area contributed by atoms with Crippen LogP contribution in [0, 0.1) is 5.82 Å². The topological polar surface area (TPSA) is 75.7 Å². The van der Waals surface area contributed by atoms with Crippen molar-refractivity contribution in [2.75, 3.05) is 19.4 Å². The molecule has 2 saturated heterocycles. The van der Waals surface area contributed by atoms with E-state index in [1.54, 1.807) is 11.0 Å². The van der Waals surface area contributed by atoms with E-state index in [0.717, 1.165) is 22.9 Å². The number of amides is 1. The number of carbonyl (C=O) groups is 1. The monoisotopic (exact) mass is 432 g/mol. The maximum atomic E-state index is 13.6. The quantitative estimate of drug-likeness (QED) is 0.760. The number of hydrogen-bond donors (Lipinski definition) is 1. The van der Waals surface area contributed by atoms with Gasteiger partial charge in [0, 0.05) is 19.0 Å². The molecule has 2 aliphatic rings. The minimum Gasteiger partial charge on any atom is -0.368 e. The number of halogens is 1. The molecule has 4 rings (SSSR count). The van der Waals surface area contributed by atoms with E-state index in [2.05, 4.69) is 4.72 Å². The number of hydrogen-bond acceptors (Lipinski definition) is 4. The van der Waals surface area contributed by atoms with E-state index in [0.29, 0.717) is 32.4 Å². The molecule has 6 nitrogen and oxygen atoms in total.